The van der Waals surface area contributed by atoms with Crippen LogP contribution < -0.4 is 5.32 Å². The molecule has 0 spiro atoms. The fourth-order valence-electron chi connectivity index (χ4n) is 3.45. The molecular formula is C24H24ClN5O. The Kier molecular flexibility index (Phi) is 5.91. The summed E-state index contributed by atoms with van der Waals surface area (Å²) in [6.45, 7) is 7.27. The highest BCUT2D eigenvalue weighted by molar-refractivity contribution is 6.30. The third kappa shape index (κ3) is 5.03. The van der Waals surface area contributed by atoms with Crippen LogP contribution in [0.25, 0.3) is 0 Å². The van der Waals surface area contributed by atoms with Crippen molar-refractivity contribution in [2.75, 3.05) is 5.32 Å². The molecule has 1 amide bonds. The van der Waals surface area contributed by atoms with Gasteiger partial charge in [-0.1, -0.05) is 35.9 Å². The maximum Gasteiger partial charge on any atom is 0.256 e. The quantitative estimate of drug-likeness (QED) is 0.465. The molecule has 31 heavy (non-hydrogen) atoms. The van der Waals surface area contributed by atoms with Crippen LogP contribution >= 0.6 is 11.6 Å². The minimum Gasteiger partial charge on any atom is -0.305 e. The Labute approximate surface area is 186 Å². The maximum absolute atomic E-state index is 12.7. The first-order chi connectivity index (χ1) is 14.9. The fourth-order valence-corrected chi connectivity index (χ4v) is 3.58. The van der Waals surface area contributed by atoms with Crippen LogP contribution in [0.1, 0.15) is 38.6 Å². The number of carbonyl (C=O) groups excluding carboxylic acids is 1. The maximum atomic E-state index is 12.7. The Morgan fingerprint density at radius 3 is 1.97 bits per heavy atom. The lowest BCUT2D eigenvalue weighted by Gasteiger charge is -2.07. The van der Waals surface area contributed by atoms with Gasteiger partial charge >= 0.3 is 0 Å². The number of hydrogen-bond donors (Lipinski definition) is 1. The van der Waals surface area contributed by atoms with Crippen molar-refractivity contribution in [3.8, 4) is 0 Å². The summed E-state index contributed by atoms with van der Waals surface area (Å²) in [6.07, 6.45) is 0. The van der Waals surface area contributed by atoms with Crippen LogP contribution in [0.3, 0.4) is 0 Å². The third-order valence-corrected chi connectivity index (χ3v) is 5.37. The van der Waals surface area contributed by atoms with E-state index in [2.05, 4.69) is 21.6 Å². The predicted octanol–water partition coefficient (Wildman–Crippen LogP) is 5.01. The number of rotatable bonds is 6. The minimum absolute atomic E-state index is 0.186. The van der Waals surface area contributed by atoms with E-state index in [4.69, 9.17) is 11.6 Å². The molecule has 7 heteroatoms. The van der Waals surface area contributed by atoms with Crippen molar-refractivity contribution in [3.63, 3.8) is 0 Å². The normalized spacial score (nSPS) is 11.0. The number of aromatic nitrogens is 4. The molecule has 2 heterocycles. The Morgan fingerprint density at radius 1 is 0.839 bits per heavy atom. The van der Waals surface area contributed by atoms with Crippen LogP contribution in [-0.2, 0) is 13.1 Å². The Morgan fingerprint density at radius 2 is 1.39 bits per heavy atom. The lowest BCUT2D eigenvalue weighted by atomic mass is 10.1. The van der Waals surface area contributed by atoms with Crippen LogP contribution in [0, 0.1) is 20.8 Å². The molecule has 0 aliphatic rings. The molecule has 0 aliphatic carbocycles. The molecule has 1 N–H and O–H groups in total. The summed E-state index contributed by atoms with van der Waals surface area (Å²) in [7, 11) is 0. The number of anilines is 1. The fraction of sp³-hybridized carbons (Fsp3) is 0.208. The van der Waals surface area contributed by atoms with Gasteiger partial charge in [0.05, 0.1) is 18.8 Å². The topological polar surface area (TPSA) is 64.7 Å². The number of aryl methyl sites for hydroxylation is 3. The van der Waals surface area contributed by atoms with Crippen LogP contribution in [-0.4, -0.2) is 25.5 Å². The second-order valence-electron chi connectivity index (χ2n) is 7.69. The molecular weight excluding hydrogens is 410 g/mol. The van der Waals surface area contributed by atoms with Gasteiger partial charge < -0.3 is 5.32 Å². The zero-order valence-electron chi connectivity index (χ0n) is 17.8. The van der Waals surface area contributed by atoms with Crippen LogP contribution in [0.5, 0.6) is 0 Å². The first kappa shape index (κ1) is 20.9. The van der Waals surface area contributed by atoms with E-state index in [9.17, 15) is 4.79 Å². The van der Waals surface area contributed by atoms with Crippen LogP contribution in [0.2, 0.25) is 5.02 Å². The monoisotopic (exact) mass is 433 g/mol. The van der Waals surface area contributed by atoms with Gasteiger partial charge in [0.1, 0.15) is 0 Å². The average Bonchev–Trinajstić information content (AvgIpc) is 3.24. The number of carbonyl (C=O) groups is 1. The van der Waals surface area contributed by atoms with Crippen molar-refractivity contribution < 1.29 is 4.79 Å². The zero-order chi connectivity index (χ0) is 22.0. The highest BCUT2D eigenvalue weighted by Gasteiger charge is 2.11. The average molecular weight is 434 g/mol. The van der Waals surface area contributed by atoms with Crippen LogP contribution in [0.4, 0.5) is 5.82 Å². The van der Waals surface area contributed by atoms with Gasteiger partial charge in [0, 0.05) is 28.0 Å². The van der Waals surface area contributed by atoms with E-state index < -0.39 is 0 Å². The van der Waals surface area contributed by atoms with Crippen molar-refractivity contribution in [1.82, 2.24) is 19.6 Å². The molecule has 4 rings (SSSR count). The second-order valence-corrected chi connectivity index (χ2v) is 8.13. The molecule has 158 valence electrons. The molecule has 0 radical (unpaired) electrons. The van der Waals surface area contributed by atoms with E-state index in [0.29, 0.717) is 29.5 Å². The smallest absolute Gasteiger partial charge is 0.256 e. The summed E-state index contributed by atoms with van der Waals surface area (Å²) in [6, 6.07) is 19.1. The van der Waals surface area contributed by atoms with Crippen molar-refractivity contribution in [1.29, 1.82) is 0 Å². The van der Waals surface area contributed by atoms with E-state index in [1.54, 1.807) is 0 Å². The molecule has 0 atom stereocenters. The van der Waals surface area contributed by atoms with E-state index in [-0.39, 0.29) is 5.91 Å². The van der Waals surface area contributed by atoms with E-state index >= 15 is 0 Å². The minimum atomic E-state index is -0.186. The Balaban J connectivity index is 1.41. The number of benzene rings is 2. The molecule has 4 aromatic rings. The molecule has 0 saturated carbocycles. The van der Waals surface area contributed by atoms with Crippen LogP contribution in [0.15, 0.2) is 60.7 Å². The first-order valence-corrected chi connectivity index (χ1v) is 10.5. The van der Waals surface area contributed by atoms with Gasteiger partial charge in [0.25, 0.3) is 5.91 Å². The highest BCUT2D eigenvalue weighted by Crippen LogP contribution is 2.15. The van der Waals surface area contributed by atoms with Crippen molar-refractivity contribution in [2.45, 2.75) is 33.9 Å². The summed E-state index contributed by atoms with van der Waals surface area (Å²) in [5.41, 5.74) is 5.84. The molecule has 0 fully saturated rings. The van der Waals surface area contributed by atoms with Gasteiger partial charge in [-0.15, -0.1) is 0 Å². The lowest BCUT2D eigenvalue weighted by molar-refractivity contribution is 0.102. The number of amides is 1. The van der Waals surface area contributed by atoms with Gasteiger partial charge in [-0.25, -0.2) is 0 Å². The molecule has 0 saturated heterocycles. The van der Waals surface area contributed by atoms with Crippen molar-refractivity contribution >= 4 is 23.3 Å². The second kappa shape index (κ2) is 8.78. The number of nitrogens with zero attached hydrogens (tertiary/aromatic N) is 4. The predicted molar refractivity (Wildman–Crippen MR) is 123 cm³/mol. The molecule has 6 nitrogen and oxygen atoms in total. The molecule has 0 aliphatic heterocycles. The van der Waals surface area contributed by atoms with Crippen molar-refractivity contribution in [3.05, 3.63) is 99.5 Å². The summed E-state index contributed by atoms with van der Waals surface area (Å²) in [4.78, 5) is 12.7. The summed E-state index contributed by atoms with van der Waals surface area (Å²) < 4.78 is 3.82. The van der Waals surface area contributed by atoms with E-state index in [1.807, 2.05) is 84.7 Å². The molecule has 0 unspecified atom stereocenters. The van der Waals surface area contributed by atoms with E-state index in [1.165, 1.54) is 0 Å². The van der Waals surface area contributed by atoms with Gasteiger partial charge in [-0.05, 0) is 62.2 Å². The van der Waals surface area contributed by atoms with Gasteiger partial charge in [-0.2, -0.15) is 10.2 Å². The summed E-state index contributed by atoms with van der Waals surface area (Å²) in [5.74, 6) is 0.344. The largest absolute Gasteiger partial charge is 0.305 e. The zero-order valence-corrected chi connectivity index (χ0v) is 18.5. The van der Waals surface area contributed by atoms with Gasteiger partial charge in [0.2, 0.25) is 0 Å². The molecule has 2 aromatic heterocycles. The lowest BCUT2D eigenvalue weighted by Crippen LogP contribution is -2.13. The Hall–Kier alpha value is -3.38. The Bertz CT molecular complexity index is 1210. The van der Waals surface area contributed by atoms with Gasteiger partial charge in [0.15, 0.2) is 5.82 Å². The van der Waals surface area contributed by atoms with Gasteiger partial charge in [-0.3, -0.25) is 14.2 Å². The van der Waals surface area contributed by atoms with E-state index in [0.717, 1.165) is 28.2 Å². The molecule has 2 aromatic carbocycles. The standard InChI is InChI=1S/C24H24ClN5O/c1-16-12-17(2)29(27-16)14-19-4-8-21(9-5-19)24(31)26-23-13-18(3)30(28-23)15-20-6-10-22(25)11-7-20/h4-13H,14-15H2,1-3H3,(H,26,28,31). The highest BCUT2D eigenvalue weighted by atomic mass is 35.5. The first-order valence-electron chi connectivity index (χ1n) is 10.1. The third-order valence-electron chi connectivity index (χ3n) is 5.12. The SMILES string of the molecule is Cc1cc(C)n(Cc2ccc(C(=O)Nc3cc(C)n(Cc4ccc(Cl)cc4)n3)cc2)n1. The summed E-state index contributed by atoms with van der Waals surface area (Å²) in [5, 5.41) is 12.6. The number of nitrogens with one attached hydrogen (secondary N) is 1. The number of hydrogen-bond acceptors (Lipinski definition) is 3. The summed E-state index contributed by atoms with van der Waals surface area (Å²) >= 11 is 5.95. The van der Waals surface area contributed by atoms with Crippen molar-refractivity contribution in [2.24, 2.45) is 0 Å². The molecule has 0 bridgehead atoms. The number of halogens is 1.